The minimum Gasteiger partial charge on any atom is -0.481 e. The van der Waals surface area contributed by atoms with Gasteiger partial charge in [-0.1, -0.05) is 86.2 Å². The fourth-order valence-corrected chi connectivity index (χ4v) is 5.46. The first kappa shape index (κ1) is 32.2. The van der Waals surface area contributed by atoms with Crippen molar-refractivity contribution in [3.8, 4) is 0 Å². The van der Waals surface area contributed by atoms with Crippen LogP contribution < -0.4 is 10.6 Å². The van der Waals surface area contributed by atoms with Gasteiger partial charge in [0, 0.05) is 30.3 Å². The first-order chi connectivity index (χ1) is 21.3. The van der Waals surface area contributed by atoms with Crippen LogP contribution in [0.25, 0.3) is 0 Å². The van der Waals surface area contributed by atoms with Gasteiger partial charge >= 0.3 is 5.97 Å². The maximum atomic E-state index is 13.3. The minimum atomic E-state index is -0.983. The molecule has 230 valence electrons. The molecule has 4 rings (SSSR count). The number of carboxylic acids is 1. The van der Waals surface area contributed by atoms with Crippen molar-refractivity contribution in [2.45, 2.75) is 52.0 Å². The SMILES string of the molecule is CCCc1ccc(CC[C@H](CC(C/C=C/CN2Cc3ccccc3C2=O)C(=O)O)C(=O)NCC(=O)Nc2ccccc2)cc1. The van der Waals surface area contributed by atoms with Crippen LogP contribution in [0, 0.1) is 11.8 Å². The van der Waals surface area contributed by atoms with Crippen molar-refractivity contribution < 1.29 is 24.3 Å². The molecular weight excluding hydrogens is 554 g/mol. The lowest BCUT2D eigenvalue weighted by atomic mass is 9.87. The topological polar surface area (TPSA) is 116 Å². The number of para-hydroxylation sites is 1. The van der Waals surface area contributed by atoms with Crippen LogP contribution in [0.5, 0.6) is 0 Å². The van der Waals surface area contributed by atoms with Crippen LogP contribution in [0.15, 0.2) is 91.0 Å². The number of hydrogen-bond donors (Lipinski definition) is 3. The molecule has 0 bridgehead atoms. The molecule has 3 aromatic rings. The number of nitrogens with one attached hydrogen (secondary N) is 2. The number of rotatable bonds is 16. The number of aliphatic carboxylic acids is 1. The number of fused-ring (bicyclic) bond motifs is 1. The summed E-state index contributed by atoms with van der Waals surface area (Å²) in [5.41, 5.74) is 4.66. The summed E-state index contributed by atoms with van der Waals surface area (Å²) in [6.45, 7) is 2.84. The Bertz CT molecular complexity index is 1450. The summed E-state index contributed by atoms with van der Waals surface area (Å²) >= 11 is 0. The number of hydrogen-bond acceptors (Lipinski definition) is 4. The molecular formula is C36H41N3O5. The number of aryl methyl sites for hydroxylation is 2. The van der Waals surface area contributed by atoms with E-state index in [2.05, 4.69) is 41.8 Å². The van der Waals surface area contributed by atoms with E-state index in [-0.39, 0.29) is 37.1 Å². The van der Waals surface area contributed by atoms with Crippen LogP contribution in [0.4, 0.5) is 5.69 Å². The van der Waals surface area contributed by atoms with E-state index < -0.39 is 17.8 Å². The van der Waals surface area contributed by atoms with Crippen LogP contribution in [-0.2, 0) is 33.8 Å². The van der Waals surface area contributed by atoms with Crippen LogP contribution in [0.1, 0.15) is 59.7 Å². The van der Waals surface area contributed by atoms with Gasteiger partial charge in [0.05, 0.1) is 12.5 Å². The van der Waals surface area contributed by atoms with Gasteiger partial charge in [-0.3, -0.25) is 19.2 Å². The standard InChI is InChI=1S/C36H41N3O5/c1-2-10-26-16-18-27(19-17-26)20-21-28(34(41)37-24-33(40)38-31-13-4-3-5-14-31)23-29(36(43)44)11-8-9-22-39-25-30-12-6-7-15-32(30)35(39)42/h3-9,12-19,28-29H,2,10-11,20-25H2,1H3,(H,37,41)(H,38,40)(H,43,44)/b9-8+/t28-,29?/m1/s1. The van der Waals surface area contributed by atoms with Gasteiger partial charge in [0.1, 0.15) is 0 Å². The molecule has 0 aromatic heterocycles. The Morgan fingerprint density at radius 1 is 0.886 bits per heavy atom. The molecule has 0 fully saturated rings. The molecule has 0 aliphatic carbocycles. The second-order valence-electron chi connectivity index (χ2n) is 11.3. The van der Waals surface area contributed by atoms with Gasteiger partial charge in [-0.15, -0.1) is 0 Å². The maximum absolute atomic E-state index is 13.3. The van der Waals surface area contributed by atoms with Crippen LogP contribution in [-0.4, -0.2) is 46.8 Å². The van der Waals surface area contributed by atoms with Crippen LogP contribution in [0.3, 0.4) is 0 Å². The second-order valence-corrected chi connectivity index (χ2v) is 11.3. The molecule has 0 spiro atoms. The minimum absolute atomic E-state index is 0.0317. The Balaban J connectivity index is 1.36. The van der Waals surface area contributed by atoms with E-state index >= 15 is 0 Å². The molecule has 3 aromatic carbocycles. The van der Waals surface area contributed by atoms with Gasteiger partial charge in [-0.2, -0.15) is 0 Å². The predicted molar refractivity (Wildman–Crippen MR) is 171 cm³/mol. The number of carboxylic acid groups (broad SMARTS) is 1. The molecule has 2 atom stereocenters. The zero-order chi connectivity index (χ0) is 31.3. The molecule has 8 nitrogen and oxygen atoms in total. The molecule has 3 amide bonds. The van der Waals surface area contributed by atoms with Gasteiger partial charge in [-0.05, 0) is 67.0 Å². The van der Waals surface area contributed by atoms with Crippen molar-refractivity contribution >= 4 is 29.4 Å². The van der Waals surface area contributed by atoms with Gasteiger partial charge in [0.2, 0.25) is 11.8 Å². The fraction of sp³-hybridized carbons (Fsp3) is 0.333. The largest absolute Gasteiger partial charge is 0.481 e. The highest BCUT2D eigenvalue weighted by atomic mass is 16.4. The summed E-state index contributed by atoms with van der Waals surface area (Å²) in [6.07, 6.45) is 7.09. The summed E-state index contributed by atoms with van der Waals surface area (Å²) in [4.78, 5) is 52.4. The lowest BCUT2D eigenvalue weighted by Gasteiger charge is -2.20. The molecule has 8 heteroatoms. The summed E-state index contributed by atoms with van der Waals surface area (Å²) in [5, 5.41) is 15.5. The summed E-state index contributed by atoms with van der Waals surface area (Å²) in [7, 11) is 0. The van der Waals surface area contributed by atoms with E-state index in [0.29, 0.717) is 37.2 Å². The third-order valence-electron chi connectivity index (χ3n) is 7.92. The number of allylic oxidation sites excluding steroid dienone is 1. The van der Waals surface area contributed by atoms with Crippen LogP contribution in [0.2, 0.25) is 0 Å². The highest BCUT2D eigenvalue weighted by Gasteiger charge is 2.28. The number of amides is 3. The Morgan fingerprint density at radius 3 is 2.25 bits per heavy atom. The summed E-state index contributed by atoms with van der Waals surface area (Å²) in [5.74, 6) is -3.10. The third-order valence-corrected chi connectivity index (χ3v) is 7.92. The molecule has 1 aliphatic heterocycles. The van der Waals surface area contributed by atoms with Crippen molar-refractivity contribution in [2.24, 2.45) is 11.8 Å². The van der Waals surface area contributed by atoms with E-state index in [1.165, 1.54) is 5.56 Å². The predicted octanol–water partition coefficient (Wildman–Crippen LogP) is 5.64. The average molecular weight is 596 g/mol. The molecule has 0 saturated heterocycles. The van der Waals surface area contributed by atoms with Gasteiger partial charge in [-0.25, -0.2) is 0 Å². The second kappa shape index (κ2) is 16.2. The van der Waals surface area contributed by atoms with Crippen molar-refractivity contribution in [2.75, 3.05) is 18.4 Å². The first-order valence-corrected chi connectivity index (χ1v) is 15.3. The Kier molecular flexibility index (Phi) is 11.9. The Morgan fingerprint density at radius 2 is 1.57 bits per heavy atom. The number of carbonyl (C=O) groups excluding carboxylic acids is 3. The van der Waals surface area contributed by atoms with E-state index in [9.17, 15) is 24.3 Å². The number of nitrogens with zero attached hydrogens (tertiary/aromatic N) is 1. The molecule has 1 unspecified atom stereocenters. The zero-order valence-corrected chi connectivity index (χ0v) is 25.2. The third kappa shape index (κ3) is 9.39. The van der Waals surface area contributed by atoms with Crippen molar-refractivity contribution in [1.29, 1.82) is 0 Å². The molecule has 44 heavy (non-hydrogen) atoms. The number of anilines is 1. The molecule has 3 N–H and O–H groups in total. The maximum Gasteiger partial charge on any atom is 0.306 e. The van der Waals surface area contributed by atoms with Gasteiger partial charge in [0.25, 0.3) is 5.91 Å². The molecule has 0 saturated carbocycles. The summed E-state index contributed by atoms with van der Waals surface area (Å²) < 4.78 is 0. The Hall–Kier alpha value is -4.72. The molecule has 0 radical (unpaired) electrons. The highest BCUT2D eigenvalue weighted by Crippen LogP contribution is 2.24. The van der Waals surface area contributed by atoms with Gasteiger partial charge in [0.15, 0.2) is 0 Å². The van der Waals surface area contributed by atoms with Crippen molar-refractivity contribution in [1.82, 2.24) is 10.2 Å². The van der Waals surface area contributed by atoms with Gasteiger partial charge < -0.3 is 20.6 Å². The summed E-state index contributed by atoms with van der Waals surface area (Å²) in [6, 6.07) is 24.8. The van der Waals surface area contributed by atoms with Crippen LogP contribution >= 0.6 is 0 Å². The fourth-order valence-electron chi connectivity index (χ4n) is 5.46. The lowest BCUT2D eigenvalue weighted by molar-refractivity contribution is -0.142. The van der Waals surface area contributed by atoms with E-state index in [4.69, 9.17) is 0 Å². The van der Waals surface area contributed by atoms with Crippen molar-refractivity contribution in [3.63, 3.8) is 0 Å². The monoisotopic (exact) mass is 595 g/mol. The molecule has 1 aliphatic rings. The van der Waals surface area contributed by atoms with E-state index in [0.717, 1.165) is 24.0 Å². The first-order valence-electron chi connectivity index (χ1n) is 15.3. The molecule has 1 heterocycles. The van der Waals surface area contributed by atoms with E-state index in [1.807, 2.05) is 48.5 Å². The van der Waals surface area contributed by atoms with E-state index in [1.54, 1.807) is 23.1 Å². The number of carbonyl (C=O) groups is 4. The normalized spacial score (nSPS) is 13.8. The highest BCUT2D eigenvalue weighted by molar-refractivity contribution is 5.98. The smallest absolute Gasteiger partial charge is 0.306 e. The lowest BCUT2D eigenvalue weighted by Crippen LogP contribution is -2.38. The average Bonchev–Trinajstić information content (AvgIpc) is 3.35. The quantitative estimate of drug-likeness (QED) is 0.186. The van der Waals surface area contributed by atoms with Crippen molar-refractivity contribution in [3.05, 3.63) is 113 Å². The zero-order valence-electron chi connectivity index (χ0n) is 25.2. The number of benzene rings is 3. The Labute approximate surface area is 259 Å².